The van der Waals surface area contributed by atoms with Gasteiger partial charge in [-0.1, -0.05) is 67.6 Å². The van der Waals surface area contributed by atoms with Crippen LogP contribution < -0.4 is 11.1 Å². The van der Waals surface area contributed by atoms with Crippen LogP contribution in [0.25, 0.3) is 33.2 Å². The molecular formula is C32H24N2O4. The van der Waals surface area contributed by atoms with E-state index in [1.54, 1.807) is 55.5 Å². The van der Waals surface area contributed by atoms with Crippen LogP contribution in [-0.4, -0.2) is 19.3 Å². The lowest BCUT2D eigenvalue weighted by atomic mass is 9.90. The first-order valence-electron chi connectivity index (χ1n) is 12.3. The van der Waals surface area contributed by atoms with Crippen molar-refractivity contribution < 1.29 is 10.2 Å². The molecule has 38 heavy (non-hydrogen) atoms. The molecule has 6 aromatic rings. The Bertz CT molecular complexity index is 1800. The summed E-state index contributed by atoms with van der Waals surface area (Å²) in [5, 5.41) is 23.8. The van der Waals surface area contributed by atoms with Crippen molar-refractivity contribution in [1.82, 2.24) is 9.13 Å². The normalized spacial score (nSPS) is 11.4. The van der Waals surface area contributed by atoms with Crippen molar-refractivity contribution in [3.63, 3.8) is 0 Å². The highest BCUT2D eigenvalue weighted by Crippen LogP contribution is 2.39. The second-order valence-corrected chi connectivity index (χ2v) is 9.23. The summed E-state index contributed by atoms with van der Waals surface area (Å²) >= 11 is 0. The SMILES string of the molecule is CC(c1c(O)c2ccccc2n(-c2ccccc2)c1=O)c1c(O)c2ccccc2n(-c2ccccc2)c1=O. The zero-order chi connectivity index (χ0) is 26.4. The van der Waals surface area contributed by atoms with Crippen molar-refractivity contribution in [2.24, 2.45) is 0 Å². The maximum Gasteiger partial charge on any atom is 0.263 e. The first-order valence-corrected chi connectivity index (χ1v) is 12.3. The van der Waals surface area contributed by atoms with Gasteiger partial charge in [-0.25, -0.2) is 0 Å². The van der Waals surface area contributed by atoms with Crippen LogP contribution in [0.4, 0.5) is 0 Å². The lowest BCUT2D eigenvalue weighted by molar-refractivity contribution is 0.459. The number of hydrogen-bond acceptors (Lipinski definition) is 4. The number of aromatic nitrogens is 2. The molecular weight excluding hydrogens is 476 g/mol. The van der Waals surface area contributed by atoms with Crippen LogP contribution in [0.5, 0.6) is 11.5 Å². The molecule has 0 bridgehead atoms. The smallest absolute Gasteiger partial charge is 0.263 e. The predicted octanol–water partition coefficient (Wildman–Crippen LogP) is 5.86. The minimum atomic E-state index is -0.922. The number of fused-ring (bicyclic) bond motifs is 2. The molecule has 0 saturated heterocycles. The van der Waals surface area contributed by atoms with Gasteiger partial charge in [-0.2, -0.15) is 0 Å². The number of pyridine rings is 2. The van der Waals surface area contributed by atoms with E-state index in [-0.39, 0.29) is 22.6 Å². The van der Waals surface area contributed by atoms with Crippen molar-refractivity contribution in [2.75, 3.05) is 0 Å². The van der Waals surface area contributed by atoms with Crippen LogP contribution in [0, 0.1) is 0 Å². The van der Waals surface area contributed by atoms with E-state index in [1.807, 2.05) is 60.7 Å². The molecule has 2 heterocycles. The zero-order valence-electron chi connectivity index (χ0n) is 20.6. The van der Waals surface area contributed by atoms with Gasteiger partial charge in [-0.15, -0.1) is 0 Å². The fourth-order valence-corrected chi connectivity index (χ4v) is 5.28. The second-order valence-electron chi connectivity index (χ2n) is 9.23. The number of hydrogen-bond donors (Lipinski definition) is 2. The summed E-state index contributed by atoms with van der Waals surface area (Å²) in [6.07, 6.45) is 0. The molecule has 0 unspecified atom stereocenters. The first kappa shape index (κ1) is 23.3. The molecule has 0 atom stereocenters. The van der Waals surface area contributed by atoms with Gasteiger partial charge in [0, 0.05) is 28.1 Å². The average Bonchev–Trinajstić information content (AvgIpc) is 2.94. The fourth-order valence-electron chi connectivity index (χ4n) is 5.28. The zero-order valence-corrected chi connectivity index (χ0v) is 20.6. The third-order valence-corrected chi connectivity index (χ3v) is 7.07. The van der Waals surface area contributed by atoms with Crippen molar-refractivity contribution in [3.8, 4) is 22.9 Å². The molecule has 6 rings (SSSR count). The molecule has 0 saturated carbocycles. The highest BCUT2D eigenvalue weighted by Gasteiger charge is 2.29. The van der Waals surface area contributed by atoms with E-state index in [0.717, 1.165) is 0 Å². The fraction of sp³-hybridized carbons (Fsp3) is 0.0625. The Hall–Kier alpha value is -5.10. The summed E-state index contributed by atoms with van der Waals surface area (Å²) in [6, 6.07) is 32.5. The summed E-state index contributed by atoms with van der Waals surface area (Å²) < 4.78 is 3.07. The van der Waals surface area contributed by atoms with Gasteiger partial charge < -0.3 is 10.2 Å². The number of para-hydroxylation sites is 4. The predicted molar refractivity (Wildman–Crippen MR) is 150 cm³/mol. The molecule has 0 amide bonds. The third kappa shape index (κ3) is 3.50. The van der Waals surface area contributed by atoms with Crippen LogP contribution in [0.2, 0.25) is 0 Å². The summed E-state index contributed by atoms with van der Waals surface area (Å²) in [7, 11) is 0. The summed E-state index contributed by atoms with van der Waals surface area (Å²) in [5.41, 5.74) is 1.50. The lowest BCUT2D eigenvalue weighted by Crippen LogP contribution is -2.29. The van der Waals surface area contributed by atoms with Gasteiger partial charge in [0.05, 0.1) is 22.2 Å². The number of aromatic hydroxyl groups is 2. The van der Waals surface area contributed by atoms with E-state index in [2.05, 4.69) is 0 Å². The molecule has 0 aliphatic carbocycles. The second kappa shape index (κ2) is 9.09. The van der Waals surface area contributed by atoms with Gasteiger partial charge in [-0.3, -0.25) is 18.7 Å². The van der Waals surface area contributed by atoms with E-state index in [4.69, 9.17) is 0 Å². The van der Waals surface area contributed by atoms with E-state index < -0.39 is 17.0 Å². The Labute approximate surface area is 217 Å². The molecule has 0 fully saturated rings. The Morgan fingerprint density at radius 2 is 0.868 bits per heavy atom. The minimum absolute atomic E-state index is 0.0369. The highest BCUT2D eigenvalue weighted by molar-refractivity contribution is 5.90. The maximum absolute atomic E-state index is 14.1. The molecule has 0 radical (unpaired) electrons. The van der Waals surface area contributed by atoms with Gasteiger partial charge in [0.1, 0.15) is 11.5 Å². The van der Waals surface area contributed by atoms with Crippen molar-refractivity contribution in [3.05, 3.63) is 141 Å². The van der Waals surface area contributed by atoms with Gasteiger partial charge in [0.15, 0.2) is 0 Å². The Balaban J connectivity index is 1.71. The largest absolute Gasteiger partial charge is 0.507 e. The summed E-state index contributed by atoms with van der Waals surface area (Å²) in [6.45, 7) is 1.67. The quantitative estimate of drug-likeness (QED) is 0.318. The van der Waals surface area contributed by atoms with Crippen LogP contribution in [-0.2, 0) is 0 Å². The van der Waals surface area contributed by atoms with Gasteiger partial charge >= 0.3 is 0 Å². The molecule has 0 spiro atoms. The van der Waals surface area contributed by atoms with Crippen molar-refractivity contribution in [2.45, 2.75) is 12.8 Å². The maximum atomic E-state index is 14.1. The van der Waals surface area contributed by atoms with Gasteiger partial charge in [0.25, 0.3) is 11.1 Å². The van der Waals surface area contributed by atoms with E-state index in [0.29, 0.717) is 33.2 Å². The topological polar surface area (TPSA) is 84.5 Å². The lowest BCUT2D eigenvalue weighted by Gasteiger charge is -2.21. The van der Waals surface area contributed by atoms with E-state index >= 15 is 0 Å². The Morgan fingerprint density at radius 3 is 1.26 bits per heavy atom. The van der Waals surface area contributed by atoms with Gasteiger partial charge in [0.2, 0.25) is 0 Å². The summed E-state index contributed by atoms with van der Waals surface area (Å²) in [4.78, 5) is 28.1. The molecule has 2 aromatic heterocycles. The van der Waals surface area contributed by atoms with Gasteiger partial charge in [-0.05, 0) is 48.5 Å². The van der Waals surface area contributed by atoms with E-state index in [1.165, 1.54) is 9.13 Å². The van der Waals surface area contributed by atoms with Crippen molar-refractivity contribution in [1.29, 1.82) is 0 Å². The molecule has 4 aromatic carbocycles. The van der Waals surface area contributed by atoms with Crippen LogP contribution >= 0.6 is 0 Å². The van der Waals surface area contributed by atoms with E-state index in [9.17, 15) is 19.8 Å². The van der Waals surface area contributed by atoms with Crippen LogP contribution in [0.1, 0.15) is 24.0 Å². The highest BCUT2D eigenvalue weighted by atomic mass is 16.3. The first-order chi connectivity index (χ1) is 18.5. The monoisotopic (exact) mass is 500 g/mol. The Kier molecular flexibility index (Phi) is 5.57. The molecule has 6 heteroatoms. The molecule has 6 nitrogen and oxygen atoms in total. The average molecular weight is 501 g/mol. The minimum Gasteiger partial charge on any atom is -0.507 e. The summed E-state index contributed by atoms with van der Waals surface area (Å²) in [5.74, 6) is -1.33. The van der Waals surface area contributed by atoms with Crippen LogP contribution in [0.15, 0.2) is 119 Å². The number of nitrogens with zero attached hydrogens (tertiary/aromatic N) is 2. The molecule has 0 aliphatic heterocycles. The van der Waals surface area contributed by atoms with Crippen molar-refractivity contribution >= 4 is 21.8 Å². The van der Waals surface area contributed by atoms with Crippen LogP contribution in [0.3, 0.4) is 0 Å². The Morgan fingerprint density at radius 1 is 0.526 bits per heavy atom. The number of rotatable bonds is 4. The third-order valence-electron chi connectivity index (χ3n) is 7.07. The molecule has 0 aliphatic rings. The molecule has 186 valence electrons. The molecule has 2 N–H and O–H groups in total. The number of benzene rings is 4. The standard InChI is InChI=1S/C32H24N2O4/c1-20(27-29(35)23-16-8-10-18-25(23)33(31(27)37)21-12-4-2-5-13-21)28-30(36)24-17-9-11-19-26(24)34(32(28)38)22-14-6-3-7-15-22/h2-20,35-36H,1H3.